The molecule has 1 aromatic carbocycles. The van der Waals surface area contributed by atoms with Crippen molar-refractivity contribution < 1.29 is 30.9 Å². The number of alkyl halides is 3. The van der Waals surface area contributed by atoms with E-state index in [1.807, 2.05) is 0 Å². The van der Waals surface area contributed by atoms with E-state index in [0.29, 0.717) is 17.8 Å². The summed E-state index contributed by atoms with van der Waals surface area (Å²) < 4.78 is 70.0. The molecular weight excluding hydrogens is 437 g/mol. The first-order valence-electron chi connectivity index (χ1n) is 8.52. The molecule has 1 heterocycles. The lowest BCUT2D eigenvalue weighted by Gasteiger charge is -2.12. The molecule has 158 valence electrons. The largest absolute Gasteiger partial charge is 0.417 e. The Balaban J connectivity index is 1.50. The van der Waals surface area contributed by atoms with Gasteiger partial charge in [0, 0.05) is 18.9 Å². The van der Waals surface area contributed by atoms with E-state index in [1.54, 1.807) is 0 Å². The number of halogens is 4. The number of nitrogens with zero attached hydrogens (tertiary/aromatic N) is 2. The second-order valence-electron chi connectivity index (χ2n) is 6.38. The summed E-state index contributed by atoms with van der Waals surface area (Å²) in [6, 6.07) is 2.25. The summed E-state index contributed by atoms with van der Waals surface area (Å²) in [7, 11) is -4.25. The van der Waals surface area contributed by atoms with E-state index in [-0.39, 0.29) is 25.4 Å². The Morgan fingerprint density at radius 2 is 2.03 bits per heavy atom. The lowest BCUT2D eigenvalue weighted by molar-refractivity contribution is -0.137. The number of aromatic nitrogens is 2. The normalized spacial score (nSPS) is 14.8. The van der Waals surface area contributed by atoms with Crippen LogP contribution in [0.15, 0.2) is 27.6 Å². The van der Waals surface area contributed by atoms with Crippen molar-refractivity contribution >= 4 is 27.5 Å². The molecule has 2 aromatic rings. The third-order valence-electron chi connectivity index (χ3n) is 4.06. The fourth-order valence-corrected chi connectivity index (χ4v) is 3.66. The molecule has 2 N–H and O–H groups in total. The van der Waals surface area contributed by atoms with Crippen LogP contribution in [-0.4, -0.2) is 31.0 Å². The first-order valence-corrected chi connectivity index (χ1v) is 10.4. The molecule has 0 saturated heterocycles. The minimum absolute atomic E-state index is 0.00255. The summed E-state index contributed by atoms with van der Waals surface area (Å²) in [5, 5.41) is 5.68. The van der Waals surface area contributed by atoms with Gasteiger partial charge in [0.1, 0.15) is 0 Å². The van der Waals surface area contributed by atoms with E-state index >= 15 is 0 Å². The van der Waals surface area contributed by atoms with E-state index in [0.717, 1.165) is 25.0 Å². The molecule has 0 unspecified atom stereocenters. The van der Waals surface area contributed by atoms with Crippen LogP contribution in [-0.2, 0) is 27.5 Å². The molecule has 1 aliphatic carbocycles. The summed E-state index contributed by atoms with van der Waals surface area (Å²) in [5.74, 6) is 0.652. The summed E-state index contributed by atoms with van der Waals surface area (Å²) in [6.45, 7) is -0.313. The number of carbonyl (C=O) groups excluding carboxylic acids is 1. The van der Waals surface area contributed by atoms with Crippen LogP contribution < -0.4 is 10.0 Å². The molecule has 1 fully saturated rings. The molecule has 0 bridgehead atoms. The van der Waals surface area contributed by atoms with E-state index in [2.05, 4.69) is 20.2 Å². The van der Waals surface area contributed by atoms with Gasteiger partial charge in [0.05, 0.1) is 22.0 Å². The zero-order chi connectivity index (χ0) is 21.2. The van der Waals surface area contributed by atoms with Crippen LogP contribution >= 0.6 is 11.6 Å². The van der Waals surface area contributed by atoms with Gasteiger partial charge in [-0.15, -0.1) is 0 Å². The molecule has 13 heteroatoms. The second-order valence-corrected chi connectivity index (χ2v) is 8.56. The highest BCUT2D eigenvalue weighted by atomic mass is 35.5. The molecule has 1 amide bonds. The van der Waals surface area contributed by atoms with Crippen LogP contribution in [0, 0.1) is 0 Å². The third-order valence-corrected chi connectivity index (χ3v) is 5.85. The Hall–Kier alpha value is -2.18. The lowest BCUT2D eigenvalue weighted by atomic mass is 10.2. The van der Waals surface area contributed by atoms with Crippen LogP contribution in [0.25, 0.3) is 0 Å². The Morgan fingerprint density at radius 1 is 1.31 bits per heavy atom. The van der Waals surface area contributed by atoms with Crippen molar-refractivity contribution in [2.45, 2.75) is 42.8 Å². The van der Waals surface area contributed by atoms with Gasteiger partial charge in [-0.2, -0.15) is 18.2 Å². The molecule has 1 saturated carbocycles. The van der Waals surface area contributed by atoms with Gasteiger partial charge < -0.3 is 9.84 Å². The van der Waals surface area contributed by atoms with Gasteiger partial charge in [0.25, 0.3) is 0 Å². The molecule has 0 atom stereocenters. The molecule has 1 aromatic heterocycles. The Bertz CT molecular complexity index is 1010. The van der Waals surface area contributed by atoms with Gasteiger partial charge >= 0.3 is 6.18 Å². The molecule has 3 rings (SSSR count). The molecule has 0 radical (unpaired) electrons. The fourth-order valence-electron chi connectivity index (χ4n) is 2.38. The minimum Gasteiger partial charge on any atom is -0.347 e. The summed E-state index contributed by atoms with van der Waals surface area (Å²) in [6.07, 6.45) is -3.02. The Morgan fingerprint density at radius 3 is 2.69 bits per heavy atom. The van der Waals surface area contributed by atoms with Crippen molar-refractivity contribution in [3.05, 3.63) is 40.5 Å². The van der Waals surface area contributed by atoms with Crippen LogP contribution in [0.4, 0.5) is 13.2 Å². The van der Waals surface area contributed by atoms with Gasteiger partial charge in [-0.3, -0.25) is 4.79 Å². The smallest absolute Gasteiger partial charge is 0.347 e. The first-order chi connectivity index (χ1) is 13.6. The van der Waals surface area contributed by atoms with Gasteiger partial charge in [-0.05, 0) is 31.0 Å². The predicted octanol–water partition coefficient (Wildman–Crippen LogP) is 2.60. The summed E-state index contributed by atoms with van der Waals surface area (Å²) in [5.41, 5.74) is -1.26. The van der Waals surface area contributed by atoms with Crippen molar-refractivity contribution in [3.8, 4) is 0 Å². The van der Waals surface area contributed by atoms with Crippen LogP contribution in [0.2, 0.25) is 5.02 Å². The van der Waals surface area contributed by atoms with Gasteiger partial charge in [-0.25, -0.2) is 13.1 Å². The van der Waals surface area contributed by atoms with Crippen molar-refractivity contribution in [2.24, 2.45) is 0 Å². The maximum Gasteiger partial charge on any atom is 0.417 e. The van der Waals surface area contributed by atoms with Crippen LogP contribution in [0.3, 0.4) is 0 Å². The average Bonchev–Trinajstić information content (AvgIpc) is 3.37. The monoisotopic (exact) mass is 452 g/mol. The van der Waals surface area contributed by atoms with Gasteiger partial charge in [-0.1, -0.05) is 16.8 Å². The molecular formula is C16H16ClF3N4O4S. The highest BCUT2D eigenvalue weighted by Crippen LogP contribution is 2.38. The van der Waals surface area contributed by atoms with Gasteiger partial charge in [0.2, 0.25) is 21.8 Å². The van der Waals surface area contributed by atoms with Crippen molar-refractivity contribution in [2.75, 3.05) is 6.54 Å². The molecule has 29 heavy (non-hydrogen) atoms. The number of carbonyl (C=O) groups is 1. The quantitative estimate of drug-likeness (QED) is 0.636. The summed E-state index contributed by atoms with van der Waals surface area (Å²) >= 11 is 5.48. The van der Waals surface area contributed by atoms with Crippen LogP contribution in [0.1, 0.15) is 42.5 Å². The fraction of sp³-hybridized carbons (Fsp3) is 0.438. The standard InChI is InChI=1S/C16H16ClF3N4O4S/c17-12-4-3-10(7-11(12)16(18,19)20)29(26,27)22-6-5-13(25)21-8-14-23-15(24-28-14)9-1-2-9/h3-4,7,9,22H,1-2,5-6,8H2,(H,21,25). The zero-order valence-electron chi connectivity index (χ0n) is 14.8. The number of benzene rings is 1. The second kappa shape index (κ2) is 8.28. The van der Waals surface area contributed by atoms with E-state index in [1.165, 1.54) is 0 Å². The van der Waals surface area contributed by atoms with E-state index in [4.69, 9.17) is 16.1 Å². The number of sulfonamides is 1. The molecule has 1 aliphatic rings. The lowest BCUT2D eigenvalue weighted by Crippen LogP contribution is -2.30. The minimum atomic E-state index is -4.80. The third kappa shape index (κ3) is 5.67. The topological polar surface area (TPSA) is 114 Å². The van der Waals surface area contributed by atoms with Crippen molar-refractivity contribution in [1.29, 1.82) is 0 Å². The highest BCUT2D eigenvalue weighted by Gasteiger charge is 2.34. The number of amides is 1. The van der Waals surface area contributed by atoms with Crippen LogP contribution in [0.5, 0.6) is 0 Å². The Labute approximate surface area is 168 Å². The molecule has 8 nitrogen and oxygen atoms in total. The van der Waals surface area contributed by atoms with E-state index < -0.39 is 37.6 Å². The summed E-state index contributed by atoms with van der Waals surface area (Å²) in [4.78, 5) is 15.3. The Kier molecular flexibility index (Phi) is 6.15. The first kappa shape index (κ1) is 21.5. The molecule has 0 aliphatic heterocycles. The average molecular weight is 453 g/mol. The predicted molar refractivity (Wildman–Crippen MR) is 94.4 cm³/mol. The zero-order valence-corrected chi connectivity index (χ0v) is 16.4. The van der Waals surface area contributed by atoms with E-state index in [9.17, 15) is 26.4 Å². The maximum atomic E-state index is 12.9. The van der Waals surface area contributed by atoms with Gasteiger partial charge in [0.15, 0.2) is 5.82 Å². The highest BCUT2D eigenvalue weighted by molar-refractivity contribution is 7.89. The number of hydrogen-bond donors (Lipinski definition) is 2. The number of nitrogens with one attached hydrogen (secondary N) is 2. The number of rotatable bonds is 8. The number of hydrogen-bond acceptors (Lipinski definition) is 6. The molecule has 0 spiro atoms. The maximum absolute atomic E-state index is 12.9. The SMILES string of the molecule is O=C(CCNS(=O)(=O)c1ccc(Cl)c(C(F)(F)F)c1)NCc1nc(C2CC2)no1. The van der Waals surface area contributed by atoms with Crippen molar-refractivity contribution in [1.82, 2.24) is 20.2 Å². The van der Waals surface area contributed by atoms with Crippen molar-refractivity contribution in [3.63, 3.8) is 0 Å².